The third kappa shape index (κ3) is 2.97. The average molecular weight is 249 g/mol. The molecule has 0 radical (unpaired) electrons. The second-order valence-electron chi connectivity index (χ2n) is 3.13. The molecular formula is C10H11N5OS. The van der Waals surface area contributed by atoms with Crippen LogP contribution in [0.3, 0.4) is 0 Å². The lowest BCUT2D eigenvalue weighted by molar-refractivity contribution is 0.102. The number of hydrogen-bond acceptors (Lipinski definition) is 6. The van der Waals surface area contributed by atoms with Crippen LogP contribution in [0.1, 0.15) is 17.4 Å². The summed E-state index contributed by atoms with van der Waals surface area (Å²) in [6.07, 6.45) is 1.63. The van der Waals surface area contributed by atoms with Gasteiger partial charge in [-0.3, -0.25) is 10.1 Å². The molecular weight excluding hydrogens is 238 g/mol. The molecule has 6 nitrogen and oxygen atoms in total. The smallest absolute Gasteiger partial charge is 0.277 e. The van der Waals surface area contributed by atoms with Gasteiger partial charge in [0.25, 0.3) is 5.91 Å². The molecule has 2 aromatic heterocycles. The van der Waals surface area contributed by atoms with Crippen LogP contribution in [0.5, 0.6) is 0 Å². The summed E-state index contributed by atoms with van der Waals surface area (Å²) in [5.41, 5.74) is 0.266. The van der Waals surface area contributed by atoms with Gasteiger partial charge in [0.15, 0.2) is 10.8 Å². The quantitative estimate of drug-likeness (QED) is 0.860. The van der Waals surface area contributed by atoms with Gasteiger partial charge < -0.3 is 5.32 Å². The third-order valence-electron chi connectivity index (χ3n) is 1.91. The van der Waals surface area contributed by atoms with Gasteiger partial charge in [-0.2, -0.15) is 0 Å². The summed E-state index contributed by atoms with van der Waals surface area (Å²) < 4.78 is 0. The summed E-state index contributed by atoms with van der Waals surface area (Å²) in [5, 5.41) is 15.7. The second-order valence-corrected chi connectivity index (χ2v) is 4.02. The fourth-order valence-electron chi connectivity index (χ4n) is 1.18. The van der Waals surface area contributed by atoms with Crippen molar-refractivity contribution in [2.45, 2.75) is 6.92 Å². The van der Waals surface area contributed by atoms with Crippen LogP contribution < -0.4 is 10.6 Å². The largest absolute Gasteiger partial charge is 0.369 e. The average Bonchev–Trinajstić information content (AvgIpc) is 2.83. The van der Waals surface area contributed by atoms with Crippen molar-refractivity contribution in [3.8, 4) is 0 Å². The molecule has 7 heteroatoms. The SMILES string of the molecule is CCNc1ccc(C(=O)Nc2nccs2)nn1. The Morgan fingerprint density at radius 1 is 1.41 bits per heavy atom. The van der Waals surface area contributed by atoms with Crippen LogP contribution in [-0.2, 0) is 0 Å². The molecule has 0 aliphatic carbocycles. The highest BCUT2D eigenvalue weighted by Crippen LogP contribution is 2.11. The number of aromatic nitrogens is 3. The van der Waals surface area contributed by atoms with Crippen molar-refractivity contribution in [2.24, 2.45) is 0 Å². The first-order valence-corrected chi connectivity index (χ1v) is 5.96. The summed E-state index contributed by atoms with van der Waals surface area (Å²) in [6.45, 7) is 2.73. The highest BCUT2D eigenvalue weighted by Gasteiger charge is 2.09. The molecule has 0 saturated heterocycles. The van der Waals surface area contributed by atoms with E-state index < -0.39 is 0 Å². The Hall–Kier alpha value is -2.02. The van der Waals surface area contributed by atoms with Crippen LogP contribution in [0.2, 0.25) is 0 Å². The van der Waals surface area contributed by atoms with Gasteiger partial charge in [-0.15, -0.1) is 21.5 Å². The molecule has 2 rings (SSSR count). The molecule has 0 aliphatic rings. The number of carbonyl (C=O) groups is 1. The Kier molecular flexibility index (Phi) is 3.61. The van der Waals surface area contributed by atoms with E-state index in [9.17, 15) is 4.79 Å². The van der Waals surface area contributed by atoms with E-state index in [2.05, 4.69) is 25.8 Å². The second kappa shape index (κ2) is 5.35. The Morgan fingerprint density at radius 3 is 2.88 bits per heavy atom. The Labute approximate surface area is 102 Å². The monoisotopic (exact) mass is 249 g/mol. The van der Waals surface area contributed by atoms with Crippen LogP contribution in [0.4, 0.5) is 10.9 Å². The lowest BCUT2D eigenvalue weighted by Gasteiger charge is -2.02. The molecule has 0 spiro atoms. The number of anilines is 2. The van der Waals surface area contributed by atoms with Crippen molar-refractivity contribution >= 4 is 28.2 Å². The van der Waals surface area contributed by atoms with E-state index in [1.54, 1.807) is 23.7 Å². The fraction of sp³-hybridized carbons (Fsp3) is 0.200. The number of rotatable bonds is 4. The molecule has 17 heavy (non-hydrogen) atoms. The Morgan fingerprint density at radius 2 is 2.29 bits per heavy atom. The van der Waals surface area contributed by atoms with E-state index >= 15 is 0 Å². The zero-order valence-electron chi connectivity index (χ0n) is 9.17. The fourth-order valence-corrected chi connectivity index (χ4v) is 1.70. The van der Waals surface area contributed by atoms with Gasteiger partial charge in [-0.05, 0) is 19.1 Å². The predicted molar refractivity (Wildman–Crippen MR) is 66.3 cm³/mol. The maximum atomic E-state index is 11.7. The number of thiazole rings is 1. The van der Waals surface area contributed by atoms with E-state index in [0.717, 1.165) is 6.54 Å². The van der Waals surface area contributed by atoms with Gasteiger partial charge in [0, 0.05) is 18.1 Å². The van der Waals surface area contributed by atoms with Crippen LogP contribution in [-0.4, -0.2) is 27.6 Å². The maximum absolute atomic E-state index is 11.7. The molecule has 1 amide bonds. The molecule has 2 aromatic rings. The molecule has 88 valence electrons. The molecule has 0 unspecified atom stereocenters. The number of amides is 1. The molecule has 0 bridgehead atoms. The molecule has 0 atom stereocenters. The summed E-state index contributed by atoms with van der Waals surface area (Å²) in [5.74, 6) is 0.341. The maximum Gasteiger partial charge on any atom is 0.277 e. The van der Waals surface area contributed by atoms with Crippen molar-refractivity contribution in [2.75, 3.05) is 17.2 Å². The van der Waals surface area contributed by atoms with Crippen molar-refractivity contribution in [3.63, 3.8) is 0 Å². The Balaban J connectivity index is 2.04. The molecule has 2 N–H and O–H groups in total. The first kappa shape index (κ1) is 11.5. The number of carbonyl (C=O) groups excluding carboxylic acids is 1. The van der Waals surface area contributed by atoms with Crippen LogP contribution in [0.25, 0.3) is 0 Å². The minimum atomic E-state index is -0.310. The minimum absolute atomic E-state index is 0.266. The van der Waals surface area contributed by atoms with Crippen molar-refractivity contribution in [3.05, 3.63) is 29.4 Å². The topological polar surface area (TPSA) is 79.8 Å². The number of hydrogen-bond donors (Lipinski definition) is 2. The standard InChI is InChI=1S/C10H11N5OS/c1-2-11-8-4-3-7(14-15-8)9(16)13-10-12-5-6-17-10/h3-6H,2H2,1H3,(H,11,15)(H,12,13,16). The number of nitrogens with one attached hydrogen (secondary N) is 2. The summed E-state index contributed by atoms with van der Waals surface area (Å²) in [6, 6.07) is 3.33. The molecule has 0 fully saturated rings. The number of nitrogens with zero attached hydrogens (tertiary/aromatic N) is 3. The van der Waals surface area contributed by atoms with Crippen LogP contribution >= 0.6 is 11.3 Å². The molecule has 0 aliphatic heterocycles. The summed E-state index contributed by atoms with van der Waals surface area (Å²) >= 11 is 1.35. The van der Waals surface area contributed by atoms with E-state index in [0.29, 0.717) is 10.9 Å². The Bertz CT molecular complexity index is 482. The van der Waals surface area contributed by atoms with Gasteiger partial charge in [-0.25, -0.2) is 4.98 Å². The first-order valence-electron chi connectivity index (χ1n) is 5.08. The van der Waals surface area contributed by atoms with E-state index in [1.807, 2.05) is 6.92 Å². The molecule has 0 saturated carbocycles. The highest BCUT2D eigenvalue weighted by molar-refractivity contribution is 7.13. The van der Waals surface area contributed by atoms with Gasteiger partial charge >= 0.3 is 0 Å². The molecule has 2 heterocycles. The van der Waals surface area contributed by atoms with Gasteiger partial charge in [0.2, 0.25) is 0 Å². The minimum Gasteiger partial charge on any atom is -0.369 e. The normalized spacial score (nSPS) is 9.94. The van der Waals surface area contributed by atoms with Crippen molar-refractivity contribution in [1.29, 1.82) is 0 Å². The van der Waals surface area contributed by atoms with Gasteiger partial charge in [0.05, 0.1) is 0 Å². The van der Waals surface area contributed by atoms with Crippen molar-refractivity contribution in [1.82, 2.24) is 15.2 Å². The lowest BCUT2D eigenvalue weighted by Crippen LogP contribution is -2.14. The van der Waals surface area contributed by atoms with E-state index in [-0.39, 0.29) is 11.6 Å². The van der Waals surface area contributed by atoms with Crippen molar-refractivity contribution < 1.29 is 4.79 Å². The first-order chi connectivity index (χ1) is 8.29. The molecule has 0 aromatic carbocycles. The third-order valence-corrected chi connectivity index (χ3v) is 2.60. The van der Waals surface area contributed by atoms with E-state index in [4.69, 9.17) is 0 Å². The van der Waals surface area contributed by atoms with Crippen LogP contribution in [0.15, 0.2) is 23.7 Å². The van der Waals surface area contributed by atoms with Gasteiger partial charge in [0.1, 0.15) is 5.82 Å². The summed E-state index contributed by atoms with van der Waals surface area (Å²) in [4.78, 5) is 15.7. The zero-order chi connectivity index (χ0) is 12.1. The summed E-state index contributed by atoms with van der Waals surface area (Å²) in [7, 11) is 0. The zero-order valence-corrected chi connectivity index (χ0v) is 9.99. The predicted octanol–water partition coefficient (Wildman–Crippen LogP) is 1.62. The lowest BCUT2D eigenvalue weighted by atomic mass is 10.3. The highest BCUT2D eigenvalue weighted by atomic mass is 32.1. The van der Waals surface area contributed by atoms with Gasteiger partial charge in [-0.1, -0.05) is 0 Å². The van der Waals surface area contributed by atoms with E-state index in [1.165, 1.54) is 11.3 Å². The van der Waals surface area contributed by atoms with Crippen LogP contribution in [0, 0.1) is 0 Å².